The number of nitrogens with one attached hydrogen (secondary N) is 1. The summed E-state index contributed by atoms with van der Waals surface area (Å²) in [5.41, 5.74) is 2.46. The predicted octanol–water partition coefficient (Wildman–Crippen LogP) is 1.29. The first-order valence-corrected chi connectivity index (χ1v) is 8.96. The third-order valence-corrected chi connectivity index (χ3v) is 5.65. The van der Waals surface area contributed by atoms with Crippen molar-refractivity contribution in [1.29, 1.82) is 5.26 Å². The molecular formula is C15H21N3O2S. The van der Waals surface area contributed by atoms with Crippen LogP contribution in [0, 0.1) is 11.3 Å². The molecule has 0 radical (unpaired) electrons. The van der Waals surface area contributed by atoms with Crippen LogP contribution in [0.3, 0.4) is 0 Å². The van der Waals surface area contributed by atoms with E-state index in [9.17, 15) is 13.7 Å². The highest BCUT2D eigenvalue weighted by Crippen LogP contribution is 2.26. The van der Waals surface area contributed by atoms with Gasteiger partial charge < -0.3 is 10.2 Å². The Bertz CT molecular complexity index is 649. The zero-order valence-electron chi connectivity index (χ0n) is 12.5. The lowest BCUT2D eigenvalue weighted by Gasteiger charge is -2.26. The minimum absolute atomic E-state index is 0.0401. The van der Waals surface area contributed by atoms with Crippen LogP contribution in [0.5, 0.6) is 0 Å². The number of rotatable bonds is 5. The smallest absolute Gasteiger partial charge is 0.152 e. The highest BCUT2D eigenvalue weighted by molar-refractivity contribution is 7.91. The first-order chi connectivity index (χ1) is 9.96. The molecule has 6 heteroatoms. The van der Waals surface area contributed by atoms with Crippen LogP contribution < -0.4 is 10.2 Å². The van der Waals surface area contributed by atoms with Gasteiger partial charge >= 0.3 is 0 Å². The molecule has 0 spiro atoms. The van der Waals surface area contributed by atoms with Crippen LogP contribution in [-0.2, 0) is 16.4 Å². The molecule has 21 heavy (non-hydrogen) atoms. The van der Waals surface area contributed by atoms with Gasteiger partial charge in [-0.15, -0.1) is 0 Å². The summed E-state index contributed by atoms with van der Waals surface area (Å²) in [6.07, 6.45) is 0.628. The van der Waals surface area contributed by atoms with Gasteiger partial charge in [0, 0.05) is 19.6 Å². The number of sulfone groups is 1. The number of nitriles is 1. The van der Waals surface area contributed by atoms with Crippen LogP contribution in [0.1, 0.15) is 24.5 Å². The normalized spacial score (nSPS) is 20.1. The van der Waals surface area contributed by atoms with E-state index in [2.05, 4.69) is 11.4 Å². The van der Waals surface area contributed by atoms with E-state index < -0.39 is 9.84 Å². The molecule has 0 bridgehead atoms. The average molecular weight is 307 g/mol. The number of hydrogen-bond donors (Lipinski definition) is 1. The molecule has 1 aliphatic heterocycles. The van der Waals surface area contributed by atoms with E-state index in [0.717, 1.165) is 24.3 Å². The maximum absolute atomic E-state index is 11.6. The monoisotopic (exact) mass is 307 g/mol. The first kappa shape index (κ1) is 15.8. The van der Waals surface area contributed by atoms with Gasteiger partial charge in [0.2, 0.25) is 0 Å². The van der Waals surface area contributed by atoms with E-state index in [4.69, 9.17) is 0 Å². The Morgan fingerprint density at radius 2 is 2.24 bits per heavy atom. The van der Waals surface area contributed by atoms with Crippen molar-refractivity contribution < 1.29 is 8.42 Å². The molecule has 0 aromatic heterocycles. The summed E-state index contributed by atoms with van der Waals surface area (Å²) in [5, 5.41) is 12.6. The summed E-state index contributed by atoms with van der Waals surface area (Å²) in [4.78, 5) is 1.93. The van der Waals surface area contributed by atoms with E-state index >= 15 is 0 Å². The molecule has 1 N–H and O–H groups in total. The standard InChI is InChI=1S/C15H21N3O2S/c1-3-17-10-12-4-5-15(13(8-12)9-16)18(2)14-6-7-21(19,20)11-14/h4-5,8,14,17H,3,6-7,10-11H2,1-2H3. The van der Waals surface area contributed by atoms with Gasteiger partial charge in [0.1, 0.15) is 6.07 Å². The van der Waals surface area contributed by atoms with Crippen LogP contribution in [-0.4, -0.2) is 39.6 Å². The summed E-state index contributed by atoms with van der Waals surface area (Å²) >= 11 is 0. The number of hydrogen-bond acceptors (Lipinski definition) is 5. The van der Waals surface area contributed by atoms with Gasteiger partial charge in [-0.05, 0) is 30.7 Å². The van der Waals surface area contributed by atoms with E-state index in [1.54, 1.807) is 0 Å². The summed E-state index contributed by atoms with van der Waals surface area (Å²) < 4.78 is 23.2. The maximum atomic E-state index is 11.6. The lowest BCUT2D eigenvalue weighted by molar-refractivity contribution is 0.601. The van der Waals surface area contributed by atoms with Gasteiger partial charge in [0.15, 0.2) is 9.84 Å². The summed E-state index contributed by atoms with van der Waals surface area (Å²) in [7, 11) is -1.06. The van der Waals surface area contributed by atoms with Crippen LogP contribution in [0.25, 0.3) is 0 Å². The summed E-state index contributed by atoms with van der Waals surface area (Å²) in [6, 6.07) is 7.95. The molecule has 0 saturated carbocycles. The molecule has 1 saturated heterocycles. The first-order valence-electron chi connectivity index (χ1n) is 7.14. The van der Waals surface area contributed by atoms with Crippen LogP contribution in [0.2, 0.25) is 0 Å². The Kier molecular flexibility index (Phi) is 4.86. The lowest BCUT2D eigenvalue weighted by Crippen LogP contribution is -2.33. The topological polar surface area (TPSA) is 73.2 Å². The van der Waals surface area contributed by atoms with Crippen molar-refractivity contribution in [2.75, 3.05) is 30.0 Å². The zero-order chi connectivity index (χ0) is 15.5. The van der Waals surface area contributed by atoms with Crippen molar-refractivity contribution in [3.05, 3.63) is 29.3 Å². The van der Waals surface area contributed by atoms with Crippen LogP contribution >= 0.6 is 0 Å². The third-order valence-electron chi connectivity index (χ3n) is 3.90. The molecule has 1 aromatic carbocycles. The highest BCUT2D eigenvalue weighted by atomic mass is 32.2. The molecular weight excluding hydrogens is 286 g/mol. The van der Waals surface area contributed by atoms with E-state index in [0.29, 0.717) is 12.0 Å². The van der Waals surface area contributed by atoms with Crippen molar-refractivity contribution in [2.24, 2.45) is 0 Å². The molecule has 1 unspecified atom stereocenters. The molecule has 114 valence electrons. The predicted molar refractivity (Wildman–Crippen MR) is 84.0 cm³/mol. The van der Waals surface area contributed by atoms with Crippen molar-refractivity contribution in [3.8, 4) is 6.07 Å². The maximum Gasteiger partial charge on any atom is 0.152 e. The summed E-state index contributed by atoms with van der Waals surface area (Å²) in [6.45, 7) is 3.64. The largest absolute Gasteiger partial charge is 0.369 e. The van der Waals surface area contributed by atoms with Gasteiger partial charge in [-0.3, -0.25) is 0 Å². The molecule has 1 atom stereocenters. The average Bonchev–Trinajstić information content (AvgIpc) is 2.84. The third kappa shape index (κ3) is 3.74. The Morgan fingerprint density at radius 1 is 1.48 bits per heavy atom. The second kappa shape index (κ2) is 6.46. The van der Waals surface area contributed by atoms with E-state index in [1.807, 2.05) is 37.1 Å². The highest BCUT2D eigenvalue weighted by Gasteiger charge is 2.31. The zero-order valence-corrected chi connectivity index (χ0v) is 13.3. The van der Waals surface area contributed by atoms with Crippen molar-refractivity contribution in [2.45, 2.75) is 25.9 Å². The quantitative estimate of drug-likeness (QED) is 0.887. The Labute approximate surface area is 126 Å². The minimum Gasteiger partial charge on any atom is -0.369 e. The SMILES string of the molecule is CCNCc1ccc(N(C)C2CCS(=O)(=O)C2)c(C#N)c1. The Morgan fingerprint density at radius 3 is 2.81 bits per heavy atom. The Hall–Kier alpha value is -1.58. The molecule has 1 heterocycles. The molecule has 2 rings (SSSR count). The van der Waals surface area contributed by atoms with Crippen molar-refractivity contribution in [3.63, 3.8) is 0 Å². The Balaban J connectivity index is 2.21. The molecule has 0 aliphatic carbocycles. The van der Waals surface area contributed by atoms with Gasteiger partial charge in [-0.25, -0.2) is 8.42 Å². The van der Waals surface area contributed by atoms with E-state index in [1.165, 1.54) is 0 Å². The second-order valence-corrected chi connectivity index (χ2v) is 7.64. The lowest BCUT2D eigenvalue weighted by atomic mass is 10.1. The fourth-order valence-electron chi connectivity index (χ4n) is 2.64. The fraction of sp³-hybridized carbons (Fsp3) is 0.533. The summed E-state index contributed by atoms with van der Waals surface area (Å²) in [5.74, 6) is 0.413. The molecule has 1 aliphatic rings. The second-order valence-electron chi connectivity index (χ2n) is 5.41. The van der Waals surface area contributed by atoms with Crippen LogP contribution in [0.15, 0.2) is 18.2 Å². The number of nitrogens with zero attached hydrogens (tertiary/aromatic N) is 2. The molecule has 0 amide bonds. The molecule has 5 nitrogen and oxygen atoms in total. The van der Waals surface area contributed by atoms with Crippen molar-refractivity contribution in [1.82, 2.24) is 5.32 Å². The van der Waals surface area contributed by atoms with Gasteiger partial charge in [-0.1, -0.05) is 13.0 Å². The molecule has 1 aromatic rings. The van der Waals surface area contributed by atoms with Crippen LogP contribution in [0.4, 0.5) is 5.69 Å². The van der Waals surface area contributed by atoms with Gasteiger partial charge in [0.25, 0.3) is 0 Å². The fourth-order valence-corrected chi connectivity index (χ4v) is 4.41. The van der Waals surface area contributed by atoms with Crippen molar-refractivity contribution >= 4 is 15.5 Å². The number of benzene rings is 1. The van der Waals surface area contributed by atoms with Gasteiger partial charge in [0.05, 0.1) is 22.8 Å². The molecule has 1 fully saturated rings. The number of anilines is 1. The van der Waals surface area contributed by atoms with Gasteiger partial charge in [-0.2, -0.15) is 5.26 Å². The van der Waals surface area contributed by atoms with E-state index in [-0.39, 0.29) is 17.5 Å². The minimum atomic E-state index is -2.92.